The summed E-state index contributed by atoms with van der Waals surface area (Å²) >= 11 is 0. The van der Waals surface area contributed by atoms with Crippen molar-refractivity contribution in [2.75, 3.05) is 11.5 Å². The highest BCUT2D eigenvalue weighted by Crippen LogP contribution is 2.22. The van der Waals surface area contributed by atoms with Gasteiger partial charge in [-0.15, -0.1) is 0 Å². The van der Waals surface area contributed by atoms with Crippen LogP contribution in [-0.2, 0) is 16.0 Å². The van der Waals surface area contributed by atoms with Crippen molar-refractivity contribution in [2.45, 2.75) is 6.42 Å². The molecule has 164 valence electrons. The van der Waals surface area contributed by atoms with Crippen LogP contribution < -0.4 is 9.64 Å². The molecule has 1 heterocycles. The highest BCUT2D eigenvalue weighted by molar-refractivity contribution is 6.28. The maximum atomic E-state index is 13.0. The van der Waals surface area contributed by atoms with E-state index in [9.17, 15) is 18.8 Å². The van der Waals surface area contributed by atoms with Crippen LogP contribution in [0.3, 0.4) is 0 Å². The Balaban J connectivity index is 1.26. The number of nitrogens with zero attached hydrogens (tertiary/aromatic N) is 1. The molecule has 0 aliphatic carbocycles. The minimum atomic E-state index is -0.375. The molecule has 33 heavy (non-hydrogen) atoms. The van der Waals surface area contributed by atoms with E-state index in [1.807, 2.05) is 24.3 Å². The number of ketones is 1. The summed E-state index contributed by atoms with van der Waals surface area (Å²) in [5, 5.41) is 0. The molecule has 0 saturated heterocycles. The molecular formula is C27H20FNO4. The van der Waals surface area contributed by atoms with Gasteiger partial charge in [-0.3, -0.25) is 14.4 Å². The molecular weight excluding hydrogens is 421 g/mol. The zero-order valence-corrected chi connectivity index (χ0v) is 17.6. The predicted octanol–water partition coefficient (Wildman–Crippen LogP) is 4.77. The van der Waals surface area contributed by atoms with Gasteiger partial charge in [0.25, 0.3) is 11.8 Å². The van der Waals surface area contributed by atoms with E-state index in [0.717, 1.165) is 16.0 Å². The molecule has 0 saturated carbocycles. The van der Waals surface area contributed by atoms with Gasteiger partial charge in [0.15, 0.2) is 5.78 Å². The van der Waals surface area contributed by atoms with E-state index in [1.54, 1.807) is 30.3 Å². The van der Waals surface area contributed by atoms with E-state index >= 15 is 0 Å². The number of allylic oxidation sites excluding steroid dienone is 1. The van der Waals surface area contributed by atoms with E-state index in [4.69, 9.17) is 4.74 Å². The Hall–Kier alpha value is -4.32. The largest absolute Gasteiger partial charge is 0.493 e. The number of carbonyl (C=O) groups excluding carboxylic acids is 3. The first-order chi connectivity index (χ1) is 16.0. The Labute approximate surface area is 190 Å². The maximum Gasteiger partial charge on any atom is 0.258 e. The highest BCUT2D eigenvalue weighted by atomic mass is 19.1. The van der Waals surface area contributed by atoms with Crippen molar-refractivity contribution < 1.29 is 23.5 Å². The summed E-state index contributed by atoms with van der Waals surface area (Å²) in [4.78, 5) is 36.7. The van der Waals surface area contributed by atoms with Crippen LogP contribution in [0, 0.1) is 5.82 Å². The van der Waals surface area contributed by atoms with Crippen molar-refractivity contribution in [3.8, 4) is 5.75 Å². The molecule has 0 unspecified atom stereocenters. The fourth-order valence-electron chi connectivity index (χ4n) is 3.31. The zero-order chi connectivity index (χ0) is 23.2. The Morgan fingerprint density at radius 2 is 1.48 bits per heavy atom. The van der Waals surface area contributed by atoms with Crippen molar-refractivity contribution in [2.24, 2.45) is 0 Å². The molecule has 1 aliphatic rings. The summed E-state index contributed by atoms with van der Waals surface area (Å²) in [6.45, 7) is 0.459. The number of hydrogen-bond acceptors (Lipinski definition) is 4. The summed E-state index contributed by atoms with van der Waals surface area (Å²) in [6.07, 6.45) is 6.37. The number of anilines is 1. The van der Waals surface area contributed by atoms with Crippen molar-refractivity contribution in [1.82, 2.24) is 0 Å². The molecule has 0 fully saturated rings. The van der Waals surface area contributed by atoms with Gasteiger partial charge in [-0.25, -0.2) is 9.29 Å². The SMILES string of the molecule is O=C(/C=C/c1ccc(CCOc2ccc(N3C(=O)C=CC3=O)cc2)cc1)c1ccc(F)cc1. The average Bonchev–Trinajstić information content (AvgIpc) is 3.17. The predicted molar refractivity (Wildman–Crippen MR) is 123 cm³/mol. The fourth-order valence-corrected chi connectivity index (χ4v) is 3.31. The third kappa shape index (κ3) is 5.49. The lowest BCUT2D eigenvalue weighted by Crippen LogP contribution is -2.29. The molecule has 6 heteroatoms. The van der Waals surface area contributed by atoms with Crippen LogP contribution in [0.2, 0.25) is 0 Å². The third-order valence-electron chi connectivity index (χ3n) is 5.10. The summed E-state index contributed by atoms with van der Waals surface area (Å²) < 4.78 is 18.7. The lowest BCUT2D eigenvalue weighted by Gasteiger charge is -2.14. The molecule has 0 N–H and O–H groups in total. The van der Waals surface area contributed by atoms with Gasteiger partial charge in [-0.2, -0.15) is 0 Å². The first kappa shape index (κ1) is 21.9. The molecule has 4 rings (SSSR count). The van der Waals surface area contributed by atoms with E-state index < -0.39 is 0 Å². The quantitative estimate of drug-likeness (QED) is 0.287. The van der Waals surface area contributed by atoms with E-state index in [1.165, 1.54) is 42.5 Å². The molecule has 0 aromatic heterocycles. The van der Waals surface area contributed by atoms with E-state index in [2.05, 4.69) is 0 Å². The van der Waals surface area contributed by atoms with Crippen LogP contribution in [0.25, 0.3) is 6.08 Å². The topological polar surface area (TPSA) is 63.7 Å². The number of imide groups is 1. The molecule has 3 aromatic carbocycles. The van der Waals surface area contributed by atoms with Gasteiger partial charge < -0.3 is 4.74 Å². The van der Waals surface area contributed by atoms with Gasteiger partial charge in [0, 0.05) is 24.1 Å². The maximum absolute atomic E-state index is 13.0. The Morgan fingerprint density at radius 3 is 2.12 bits per heavy atom. The summed E-state index contributed by atoms with van der Waals surface area (Å²) in [5.74, 6) is -0.629. The van der Waals surface area contributed by atoms with Crippen LogP contribution in [0.5, 0.6) is 5.75 Å². The van der Waals surface area contributed by atoms with Crippen LogP contribution in [0.15, 0.2) is 91.0 Å². The number of amides is 2. The molecule has 3 aromatic rings. The van der Waals surface area contributed by atoms with E-state index in [0.29, 0.717) is 30.0 Å². The number of rotatable bonds is 8. The first-order valence-electron chi connectivity index (χ1n) is 10.4. The lowest BCUT2D eigenvalue weighted by molar-refractivity contribution is -0.119. The smallest absolute Gasteiger partial charge is 0.258 e. The highest BCUT2D eigenvalue weighted by Gasteiger charge is 2.24. The minimum absolute atomic E-state index is 0.187. The van der Waals surface area contributed by atoms with Crippen LogP contribution in [0.4, 0.5) is 10.1 Å². The van der Waals surface area contributed by atoms with Crippen molar-refractivity contribution in [3.63, 3.8) is 0 Å². The van der Waals surface area contributed by atoms with Gasteiger partial charge in [0.1, 0.15) is 11.6 Å². The monoisotopic (exact) mass is 441 g/mol. The van der Waals surface area contributed by atoms with Crippen LogP contribution >= 0.6 is 0 Å². The van der Waals surface area contributed by atoms with Crippen LogP contribution in [0.1, 0.15) is 21.5 Å². The molecule has 5 nitrogen and oxygen atoms in total. The van der Waals surface area contributed by atoms with Gasteiger partial charge in [-0.05, 0) is 65.7 Å². The average molecular weight is 441 g/mol. The van der Waals surface area contributed by atoms with Crippen molar-refractivity contribution >= 4 is 29.4 Å². The van der Waals surface area contributed by atoms with Crippen molar-refractivity contribution in [3.05, 3.63) is 114 Å². The number of ether oxygens (including phenoxy) is 1. The van der Waals surface area contributed by atoms with Crippen LogP contribution in [-0.4, -0.2) is 24.2 Å². The van der Waals surface area contributed by atoms with E-state index in [-0.39, 0.29) is 23.4 Å². The lowest BCUT2D eigenvalue weighted by atomic mass is 10.1. The fraction of sp³-hybridized carbons (Fsp3) is 0.0741. The van der Waals surface area contributed by atoms with Gasteiger partial charge >= 0.3 is 0 Å². The second-order valence-corrected chi connectivity index (χ2v) is 7.38. The molecule has 2 amide bonds. The first-order valence-corrected chi connectivity index (χ1v) is 10.4. The van der Waals surface area contributed by atoms with Gasteiger partial charge in [0.05, 0.1) is 12.3 Å². The second kappa shape index (κ2) is 9.87. The van der Waals surface area contributed by atoms with Gasteiger partial charge in [0.2, 0.25) is 0 Å². The number of halogens is 1. The molecule has 0 atom stereocenters. The minimum Gasteiger partial charge on any atom is -0.493 e. The Morgan fingerprint density at radius 1 is 0.848 bits per heavy atom. The number of hydrogen-bond donors (Lipinski definition) is 0. The third-order valence-corrected chi connectivity index (χ3v) is 5.10. The second-order valence-electron chi connectivity index (χ2n) is 7.38. The number of carbonyl (C=O) groups is 3. The molecule has 0 bridgehead atoms. The summed E-state index contributed by atoms with van der Waals surface area (Å²) in [5.41, 5.74) is 2.90. The zero-order valence-electron chi connectivity index (χ0n) is 17.6. The Bertz CT molecular complexity index is 1210. The normalized spacial score (nSPS) is 13.2. The summed E-state index contributed by atoms with van der Waals surface area (Å²) in [7, 11) is 0. The molecule has 0 spiro atoms. The summed E-state index contributed by atoms with van der Waals surface area (Å²) in [6, 6.07) is 20.0. The molecule has 1 aliphatic heterocycles. The standard InChI is InChI=1S/C27H20FNO4/c28-22-8-6-21(7-9-22)25(30)14-5-19-1-3-20(4-2-19)17-18-33-24-12-10-23(11-13-24)29-26(31)15-16-27(29)32/h1-16H,17-18H2/b14-5+. The Kier molecular flexibility index (Phi) is 6.55. The molecule has 0 radical (unpaired) electrons. The van der Waals surface area contributed by atoms with Crippen molar-refractivity contribution in [1.29, 1.82) is 0 Å². The van der Waals surface area contributed by atoms with Gasteiger partial charge in [-0.1, -0.05) is 30.3 Å². The number of benzene rings is 3.